The minimum atomic E-state index is -0.417. The summed E-state index contributed by atoms with van der Waals surface area (Å²) in [4.78, 5) is 13.1. The molecule has 0 bridgehead atoms. The van der Waals surface area contributed by atoms with Crippen molar-refractivity contribution < 1.29 is 14.3 Å². The summed E-state index contributed by atoms with van der Waals surface area (Å²) in [6.07, 6.45) is -0.181. The van der Waals surface area contributed by atoms with Gasteiger partial charge >= 0.3 is 0 Å². The number of rotatable bonds is 2. The molecule has 1 aliphatic heterocycles. The van der Waals surface area contributed by atoms with Gasteiger partial charge < -0.3 is 14.4 Å². The molecule has 90 valence electrons. The number of amides is 1. The molecule has 0 radical (unpaired) electrons. The molecule has 4 heteroatoms. The van der Waals surface area contributed by atoms with Gasteiger partial charge in [0.25, 0.3) is 0 Å². The zero-order valence-electron chi connectivity index (χ0n) is 9.97. The second-order valence-electron chi connectivity index (χ2n) is 4.11. The van der Waals surface area contributed by atoms with Crippen molar-refractivity contribution in [2.45, 2.75) is 12.5 Å². The van der Waals surface area contributed by atoms with Gasteiger partial charge in [-0.25, -0.2) is 0 Å². The molecule has 1 aliphatic rings. The van der Waals surface area contributed by atoms with E-state index in [-0.39, 0.29) is 12.3 Å². The van der Waals surface area contributed by atoms with Crippen LogP contribution < -0.4 is 9.47 Å². The van der Waals surface area contributed by atoms with E-state index in [1.165, 1.54) is 4.90 Å². The van der Waals surface area contributed by atoms with Gasteiger partial charge in [-0.1, -0.05) is 18.7 Å². The van der Waals surface area contributed by atoms with Gasteiger partial charge in [-0.15, -0.1) is 0 Å². The van der Waals surface area contributed by atoms with Gasteiger partial charge in [0, 0.05) is 14.1 Å². The summed E-state index contributed by atoms with van der Waals surface area (Å²) in [6, 6.07) is 7.35. The van der Waals surface area contributed by atoms with Crippen LogP contribution in [-0.2, 0) is 4.79 Å². The molecule has 0 aromatic heterocycles. The monoisotopic (exact) mass is 233 g/mol. The minimum Gasteiger partial charge on any atom is -0.478 e. The van der Waals surface area contributed by atoms with Crippen LogP contribution >= 0.6 is 0 Å². The van der Waals surface area contributed by atoms with Crippen molar-refractivity contribution in [1.29, 1.82) is 0 Å². The van der Waals surface area contributed by atoms with Crippen molar-refractivity contribution in [1.82, 2.24) is 4.90 Å². The van der Waals surface area contributed by atoms with Crippen LogP contribution in [0.15, 0.2) is 36.6 Å². The lowest BCUT2D eigenvalue weighted by atomic mass is 10.1. The smallest absolute Gasteiger partial charge is 0.226 e. The molecule has 1 unspecified atom stereocenters. The molecule has 1 heterocycles. The van der Waals surface area contributed by atoms with Gasteiger partial charge in [-0.2, -0.15) is 0 Å². The van der Waals surface area contributed by atoms with E-state index in [1.807, 2.05) is 24.3 Å². The summed E-state index contributed by atoms with van der Waals surface area (Å²) < 4.78 is 11.2. The van der Waals surface area contributed by atoms with Crippen LogP contribution in [0, 0.1) is 0 Å². The molecule has 17 heavy (non-hydrogen) atoms. The molecule has 2 rings (SSSR count). The van der Waals surface area contributed by atoms with E-state index in [0.29, 0.717) is 17.3 Å². The van der Waals surface area contributed by atoms with Crippen molar-refractivity contribution >= 4 is 5.91 Å². The lowest BCUT2D eigenvalue weighted by molar-refractivity contribution is -0.130. The number of hydrogen-bond acceptors (Lipinski definition) is 3. The van der Waals surface area contributed by atoms with Crippen molar-refractivity contribution in [2.24, 2.45) is 0 Å². The van der Waals surface area contributed by atoms with Crippen LogP contribution in [0.4, 0.5) is 0 Å². The van der Waals surface area contributed by atoms with Gasteiger partial charge in [-0.3, -0.25) is 4.79 Å². The first-order valence-electron chi connectivity index (χ1n) is 5.40. The normalized spacial score (nSPS) is 17.8. The van der Waals surface area contributed by atoms with Crippen molar-refractivity contribution in [3.8, 4) is 11.5 Å². The number of para-hydroxylation sites is 2. The summed E-state index contributed by atoms with van der Waals surface area (Å²) in [5.74, 6) is 1.75. The number of carbonyl (C=O) groups is 1. The van der Waals surface area contributed by atoms with Crippen molar-refractivity contribution in [3.63, 3.8) is 0 Å². The van der Waals surface area contributed by atoms with E-state index in [4.69, 9.17) is 9.47 Å². The zero-order valence-corrected chi connectivity index (χ0v) is 9.97. The lowest BCUT2D eigenvalue weighted by Gasteiger charge is -2.28. The first kappa shape index (κ1) is 11.5. The molecule has 0 fully saturated rings. The van der Waals surface area contributed by atoms with Crippen LogP contribution in [0.1, 0.15) is 6.42 Å². The third kappa shape index (κ3) is 2.41. The predicted octanol–water partition coefficient (Wildman–Crippen LogP) is 1.82. The molecular weight excluding hydrogens is 218 g/mol. The quantitative estimate of drug-likeness (QED) is 0.782. The van der Waals surface area contributed by atoms with Crippen molar-refractivity contribution in [3.05, 3.63) is 36.6 Å². The van der Waals surface area contributed by atoms with Gasteiger partial charge in [-0.05, 0) is 12.1 Å². The van der Waals surface area contributed by atoms with Crippen LogP contribution in [-0.4, -0.2) is 31.0 Å². The largest absolute Gasteiger partial charge is 0.478 e. The summed E-state index contributed by atoms with van der Waals surface area (Å²) in [6.45, 7) is 3.79. The van der Waals surface area contributed by atoms with Gasteiger partial charge in [0.1, 0.15) is 5.76 Å². The molecule has 0 saturated carbocycles. The van der Waals surface area contributed by atoms with Gasteiger partial charge in [0.2, 0.25) is 5.91 Å². The Labute approximate surface area is 100 Å². The van der Waals surface area contributed by atoms with Gasteiger partial charge in [0.15, 0.2) is 17.6 Å². The third-order valence-electron chi connectivity index (χ3n) is 2.58. The average molecular weight is 233 g/mol. The van der Waals surface area contributed by atoms with Crippen LogP contribution in [0.5, 0.6) is 11.5 Å². The van der Waals surface area contributed by atoms with E-state index in [2.05, 4.69) is 6.58 Å². The Morgan fingerprint density at radius 1 is 1.35 bits per heavy atom. The number of fused-ring (bicyclic) bond motifs is 1. The van der Waals surface area contributed by atoms with E-state index in [1.54, 1.807) is 14.1 Å². The molecule has 4 nitrogen and oxygen atoms in total. The molecule has 0 saturated heterocycles. The minimum absolute atomic E-state index is 0.0147. The number of hydrogen-bond donors (Lipinski definition) is 0. The molecule has 1 aromatic carbocycles. The lowest BCUT2D eigenvalue weighted by Crippen LogP contribution is -2.33. The van der Waals surface area contributed by atoms with Gasteiger partial charge in [0.05, 0.1) is 6.42 Å². The Hall–Kier alpha value is -1.97. The highest BCUT2D eigenvalue weighted by Gasteiger charge is 2.27. The molecule has 0 N–H and O–H groups in total. The van der Waals surface area contributed by atoms with E-state index >= 15 is 0 Å². The van der Waals surface area contributed by atoms with Crippen LogP contribution in [0.2, 0.25) is 0 Å². The Balaban J connectivity index is 2.13. The molecule has 1 amide bonds. The summed E-state index contributed by atoms with van der Waals surface area (Å²) in [7, 11) is 3.42. The topological polar surface area (TPSA) is 38.8 Å². The highest BCUT2D eigenvalue weighted by molar-refractivity contribution is 5.76. The highest BCUT2D eigenvalue weighted by Crippen LogP contribution is 2.35. The van der Waals surface area contributed by atoms with Crippen molar-refractivity contribution in [2.75, 3.05) is 14.1 Å². The second-order valence-corrected chi connectivity index (χ2v) is 4.11. The number of carbonyl (C=O) groups excluding carboxylic acids is 1. The maximum Gasteiger partial charge on any atom is 0.226 e. The Morgan fingerprint density at radius 3 is 2.65 bits per heavy atom. The number of nitrogens with zero attached hydrogens (tertiary/aromatic N) is 1. The number of ether oxygens (including phenoxy) is 2. The first-order chi connectivity index (χ1) is 8.08. The number of benzene rings is 1. The fourth-order valence-electron chi connectivity index (χ4n) is 1.55. The third-order valence-corrected chi connectivity index (χ3v) is 2.58. The molecule has 0 spiro atoms. The maximum absolute atomic E-state index is 11.6. The molecule has 0 aliphatic carbocycles. The van der Waals surface area contributed by atoms with E-state index < -0.39 is 6.10 Å². The SMILES string of the molecule is C=C1Oc2ccccc2OC1CC(=O)N(C)C. The average Bonchev–Trinajstić information content (AvgIpc) is 2.29. The molecular formula is C13H15NO3. The fraction of sp³-hybridized carbons (Fsp3) is 0.308. The summed E-state index contributed by atoms with van der Waals surface area (Å²) >= 11 is 0. The van der Waals surface area contributed by atoms with E-state index in [0.717, 1.165) is 0 Å². The molecule has 1 aromatic rings. The fourth-order valence-corrected chi connectivity index (χ4v) is 1.55. The Bertz CT molecular complexity index is 454. The first-order valence-corrected chi connectivity index (χ1v) is 5.40. The standard InChI is InChI=1S/C13H15NO3/c1-9-12(8-13(15)14(2)3)17-11-7-5-4-6-10(11)16-9/h4-7,12H,1,8H2,2-3H3. The Morgan fingerprint density at radius 2 is 2.00 bits per heavy atom. The second kappa shape index (κ2) is 4.49. The Kier molecular flexibility index (Phi) is 3.04. The summed E-state index contributed by atoms with van der Waals surface area (Å²) in [5, 5.41) is 0. The van der Waals surface area contributed by atoms with Crippen LogP contribution in [0.3, 0.4) is 0 Å². The molecule has 1 atom stereocenters. The highest BCUT2D eigenvalue weighted by atomic mass is 16.6. The zero-order chi connectivity index (χ0) is 12.4. The van der Waals surface area contributed by atoms with Crippen LogP contribution in [0.25, 0.3) is 0 Å². The maximum atomic E-state index is 11.6. The predicted molar refractivity (Wildman–Crippen MR) is 63.9 cm³/mol. The van der Waals surface area contributed by atoms with E-state index in [9.17, 15) is 4.79 Å². The summed E-state index contributed by atoms with van der Waals surface area (Å²) in [5.41, 5.74) is 0.